The van der Waals surface area contributed by atoms with E-state index in [2.05, 4.69) is 35.3 Å². The van der Waals surface area contributed by atoms with Crippen LogP contribution in [0.1, 0.15) is 24.8 Å². The lowest BCUT2D eigenvalue weighted by Gasteiger charge is -2.03. The quantitative estimate of drug-likeness (QED) is 0.806. The van der Waals surface area contributed by atoms with Gasteiger partial charge in [-0.15, -0.1) is 0 Å². The molecule has 19 heavy (non-hydrogen) atoms. The standard InChI is InChI=1S/C16H22N2O/c1-18-11-12(4-3-9-17-13-5-6-13)15-10-14(19-2)7-8-16(15)18/h7-8,10-11,13,17H,3-6,9H2,1-2H3. The topological polar surface area (TPSA) is 26.2 Å². The summed E-state index contributed by atoms with van der Waals surface area (Å²) in [7, 11) is 3.84. The van der Waals surface area contributed by atoms with E-state index in [1.807, 2.05) is 6.07 Å². The normalized spacial score (nSPS) is 15.1. The van der Waals surface area contributed by atoms with Crippen molar-refractivity contribution in [3.05, 3.63) is 30.0 Å². The average Bonchev–Trinajstić information content (AvgIpc) is 3.20. The Labute approximate surface area is 114 Å². The van der Waals surface area contributed by atoms with Crippen molar-refractivity contribution in [2.75, 3.05) is 13.7 Å². The van der Waals surface area contributed by atoms with E-state index >= 15 is 0 Å². The SMILES string of the molecule is COc1ccc2c(c1)c(CCCNC1CC1)cn2C. The van der Waals surface area contributed by atoms with Gasteiger partial charge in [-0.3, -0.25) is 0 Å². The van der Waals surface area contributed by atoms with E-state index < -0.39 is 0 Å². The van der Waals surface area contributed by atoms with E-state index in [0.29, 0.717) is 0 Å². The predicted octanol–water partition coefficient (Wildman–Crippen LogP) is 2.87. The highest BCUT2D eigenvalue weighted by atomic mass is 16.5. The maximum Gasteiger partial charge on any atom is 0.119 e. The maximum absolute atomic E-state index is 5.33. The zero-order valence-corrected chi connectivity index (χ0v) is 11.8. The van der Waals surface area contributed by atoms with Gasteiger partial charge in [0.1, 0.15) is 5.75 Å². The summed E-state index contributed by atoms with van der Waals surface area (Å²) in [5.74, 6) is 0.941. The molecule has 1 N–H and O–H groups in total. The van der Waals surface area contributed by atoms with Crippen LogP contribution in [0, 0.1) is 0 Å². The molecule has 0 spiro atoms. The fourth-order valence-electron chi connectivity index (χ4n) is 2.65. The zero-order chi connectivity index (χ0) is 13.2. The zero-order valence-electron chi connectivity index (χ0n) is 11.8. The van der Waals surface area contributed by atoms with Crippen LogP contribution in [-0.2, 0) is 13.5 Å². The first-order valence-corrected chi connectivity index (χ1v) is 7.13. The Balaban J connectivity index is 1.73. The molecular weight excluding hydrogens is 236 g/mol. The summed E-state index contributed by atoms with van der Waals surface area (Å²) in [5, 5.41) is 4.90. The first-order valence-electron chi connectivity index (χ1n) is 7.13. The van der Waals surface area contributed by atoms with Crippen molar-refractivity contribution < 1.29 is 4.74 Å². The number of hydrogen-bond donors (Lipinski definition) is 1. The summed E-state index contributed by atoms with van der Waals surface area (Å²) in [5.41, 5.74) is 2.71. The molecule has 0 bridgehead atoms. The number of nitrogens with zero attached hydrogens (tertiary/aromatic N) is 1. The molecule has 0 unspecified atom stereocenters. The molecule has 0 amide bonds. The molecule has 102 valence electrons. The van der Waals surface area contributed by atoms with Gasteiger partial charge in [0.05, 0.1) is 7.11 Å². The number of benzene rings is 1. The van der Waals surface area contributed by atoms with Crippen LogP contribution in [0.25, 0.3) is 10.9 Å². The third-order valence-electron chi connectivity index (χ3n) is 3.91. The summed E-state index contributed by atoms with van der Waals surface area (Å²) in [4.78, 5) is 0. The van der Waals surface area contributed by atoms with Crippen LogP contribution >= 0.6 is 0 Å². The lowest BCUT2D eigenvalue weighted by atomic mass is 10.1. The highest BCUT2D eigenvalue weighted by Gasteiger charge is 2.19. The van der Waals surface area contributed by atoms with Gasteiger partial charge in [0.2, 0.25) is 0 Å². The van der Waals surface area contributed by atoms with Crippen LogP contribution in [0.15, 0.2) is 24.4 Å². The van der Waals surface area contributed by atoms with Crippen molar-refractivity contribution in [1.29, 1.82) is 0 Å². The van der Waals surface area contributed by atoms with Crippen LogP contribution in [0.4, 0.5) is 0 Å². The van der Waals surface area contributed by atoms with E-state index in [1.54, 1.807) is 7.11 Å². The molecule has 1 aliphatic carbocycles. The number of nitrogens with one attached hydrogen (secondary N) is 1. The molecule has 1 aliphatic rings. The Morgan fingerprint density at radius 1 is 1.37 bits per heavy atom. The number of fused-ring (bicyclic) bond motifs is 1. The molecule has 0 saturated heterocycles. The van der Waals surface area contributed by atoms with Crippen molar-refractivity contribution in [1.82, 2.24) is 9.88 Å². The molecule has 1 aromatic heterocycles. The minimum absolute atomic E-state index is 0.813. The number of ether oxygens (including phenoxy) is 1. The third-order valence-corrected chi connectivity index (χ3v) is 3.91. The number of aromatic nitrogens is 1. The lowest BCUT2D eigenvalue weighted by molar-refractivity contribution is 0.415. The molecular formula is C16H22N2O. The van der Waals surface area contributed by atoms with Crippen LogP contribution < -0.4 is 10.1 Å². The molecule has 3 heteroatoms. The number of methoxy groups -OCH3 is 1. The van der Waals surface area contributed by atoms with Gasteiger partial charge in [0.25, 0.3) is 0 Å². The van der Waals surface area contributed by atoms with Crippen LogP contribution in [0.5, 0.6) is 5.75 Å². The molecule has 2 aromatic rings. The summed E-state index contributed by atoms with van der Waals surface area (Å²) >= 11 is 0. The van der Waals surface area contributed by atoms with Crippen LogP contribution in [-0.4, -0.2) is 24.3 Å². The van der Waals surface area contributed by atoms with E-state index in [4.69, 9.17) is 4.74 Å². The third kappa shape index (κ3) is 2.76. The number of rotatable bonds is 6. The molecule has 1 fully saturated rings. The molecule has 3 rings (SSSR count). The van der Waals surface area contributed by atoms with E-state index in [-0.39, 0.29) is 0 Å². The molecule has 1 saturated carbocycles. The van der Waals surface area contributed by atoms with Crippen molar-refractivity contribution in [3.8, 4) is 5.75 Å². The van der Waals surface area contributed by atoms with Crippen molar-refractivity contribution in [3.63, 3.8) is 0 Å². The fourth-order valence-corrected chi connectivity index (χ4v) is 2.65. The first-order chi connectivity index (χ1) is 9.28. The average molecular weight is 258 g/mol. The van der Waals surface area contributed by atoms with Gasteiger partial charge in [-0.05, 0) is 56.0 Å². The van der Waals surface area contributed by atoms with Gasteiger partial charge < -0.3 is 14.6 Å². The van der Waals surface area contributed by atoms with Gasteiger partial charge in [0, 0.05) is 30.2 Å². The minimum atomic E-state index is 0.813. The molecule has 0 aliphatic heterocycles. The van der Waals surface area contributed by atoms with Crippen molar-refractivity contribution >= 4 is 10.9 Å². The molecule has 0 radical (unpaired) electrons. The smallest absolute Gasteiger partial charge is 0.119 e. The van der Waals surface area contributed by atoms with Gasteiger partial charge in [-0.1, -0.05) is 0 Å². The van der Waals surface area contributed by atoms with Crippen molar-refractivity contribution in [2.24, 2.45) is 7.05 Å². The monoisotopic (exact) mass is 258 g/mol. The second-order valence-electron chi connectivity index (χ2n) is 5.48. The molecule has 1 heterocycles. The van der Waals surface area contributed by atoms with Gasteiger partial charge in [0.15, 0.2) is 0 Å². The Bertz CT molecular complexity index is 569. The van der Waals surface area contributed by atoms with E-state index in [1.165, 1.54) is 35.7 Å². The summed E-state index contributed by atoms with van der Waals surface area (Å²) in [6, 6.07) is 7.13. The summed E-state index contributed by atoms with van der Waals surface area (Å²) in [6.07, 6.45) is 7.31. The Morgan fingerprint density at radius 3 is 2.95 bits per heavy atom. The Kier molecular flexibility index (Phi) is 3.47. The molecule has 0 atom stereocenters. The molecule has 3 nitrogen and oxygen atoms in total. The van der Waals surface area contributed by atoms with Crippen molar-refractivity contribution in [2.45, 2.75) is 31.7 Å². The number of hydrogen-bond acceptors (Lipinski definition) is 2. The van der Waals surface area contributed by atoms with Crippen LogP contribution in [0.3, 0.4) is 0 Å². The second-order valence-corrected chi connectivity index (χ2v) is 5.48. The van der Waals surface area contributed by atoms with Gasteiger partial charge >= 0.3 is 0 Å². The van der Waals surface area contributed by atoms with Crippen LogP contribution in [0.2, 0.25) is 0 Å². The predicted molar refractivity (Wildman–Crippen MR) is 78.8 cm³/mol. The van der Waals surface area contributed by atoms with E-state index in [0.717, 1.165) is 24.8 Å². The maximum atomic E-state index is 5.33. The van der Waals surface area contributed by atoms with Gasteiger partial charge in [-0.2, -0.15) is 0 Å². The Hall–Kier alpha value is -1.48. The highest BCUT2D eigenvalue weighted by molar-refractivity contribution is 5.85. The Morgan fingerprint density at radius 2 is 2.21 bits per heavy atom. The van der Waals surface area contributed by atoms with E-state index in [9.17, 15) is 0 Å². The summed E-state index contributed by atoms with van der Waals surface area (Å²) in [6.45, 7) is 1.13. The van der Waals surface area contributed by atoms with Gasteiger partial charge in [-0.25, -0.2) is 0 Å². The largest absolute Gasteiger partial charge is 0.497 e. The number of aryl methyl sites for hydroxylation is 2. The lowest BCUT2D eigenvalue weighted by Crippen LogP contribution is -2.17. The minimum Gasteiger partial charge on any atom is -0.497 e. The second kappa shape index (κ2) is 5.25. The highest BCUT2D eigenvalue weighted by Crippen LogP contribution is 2.26. The summed E-state index contributed by atoms with van der Waals surface area (Å²) < 4.78 is 7.54. The fraction of sp³-hybridized carbons (Fsp3) is 0.500. The first kappa shape index (κ1) is 12.5. The molecule has 1 aromatic carbocycles.